The summed E-state index contributed by atoms with van der Waals surface area (Å²) in [4.78, 5) is 9.11. The average Bonchev–Trinajstić information content (AvgIpc) is 2.56. The van der Waals surface area contributed by atoms with Gasteiger partial charge >= 0.3 is 0 Å². The zero-order valence-electron chi connectivity index (χ0n) is 16.6. The monoisotopic (exact) mass is 363 g/mol. The molecule has 4 N–H and O–H groups in total. The smallest absolute Gasteiger partial charge is 0.118 e. The van der Waals surface area contributed by atoms with Crippen LogP contribution >= 0.6 is 0 Å². The summed E-state index contributed by atoms with van der Waals surface area (Å²) in [6.45, 7) is 8.80. The summed E-state index contributed by atoms with van der Waals surface area (Å²) < 4.78 is 0. The highest BCUT2D eigenvalue weighted by molar-refractivity contribution is 6.10. The van der Waals surface area contributed by atoms with E-state index in [1.807, 2.05) is 30.3 Å². The summed E-state index contributed by atoms with van der Waals surface area (Å²) >= 11 is 0. The molecule has 27 heavy (non-hydrogen) atoms. The molecule has 1 aromatic carbocycles. The van der Waals surface area contributed by atoms with Crippen molar-refractivity contribution < 1.29 is 0 Å². The van der Waals surface area contributed by atoms with Gasteiger partial charge < -0.3 is 16.5 Å². The molecule has 2 heterocycles. The molecule has 1 fully saturated rings. The van der Waals surface area contributed by atoms with Gasteiger partial charge in [0, 0.05) is 28.2 Å². The molecule has 0 radical (unpaired) electrons. The molecule has 1 aromatic heterocycles. The van der Waals surface area contributed by atoms with E-state index >= 15 is 0 Å². The van der Waals surface area contributed by atoms with Gasteiger partial charge in [0.2, 0.25) is 0 Å². The van der Waals surface area contributed by atoms with Crippen LogP contribution in [0.4, 0.5) is 0 Å². The summed E-state index contributed by atoms with van der Waals surface area (Å²) in [6.07, 6.45) is 7.02. The number of amidine groups is 1. The van der Waals surface area contributed by atoms with Gasteiger partial charge in [0.05, 0.1) is 17.3 Å². The van der Waals surface area contributed by atoms with Crippen LogP contribution in [0.15, 0.2) is 53.7 Å². The first-order valence-electron chi connectivity index (χ1n) is 9.38. The number of aromatic nitrogens is 1. The lowest BCUT2D eigenvalue weighted by Crippen LogP contribution is -2.59. The number of pyridine rings is 1. The number of benzene rings is 1. The number of rotatable bonds is 4. The number of allylic oxidation sites excluding steroid dienone is 1. The lowest BCUT2D eigenvalue weighted by molar-refractivity contribution is 0.164. The minimum Gasteiger partial charge on any atom is -0.384 e. The fourth-order valence-corrected chi connectivity index (χ4v) is 4.10. The van der Waals surface area contributed by atoms with Gasteiger partial charge in [-0.1, -0.05) is 18.2 Å². The molecular weight excluding hydrogens is 334 g/mol. The van der Waals surface area contributed by atoms with Crippen molar-refractivity contribution in [1.29, 1.82) is 5.41 Å². The first kappa shape index (κ1) is 19.2. The van der Waals surface area contributed by atoms with Crippen LogP contribution in [-0.2, 0) is 0 Å². The van der Waals surface area contributed by atoms with Gasteiger partial charge in [0.25, 0.3) is 0 Å². The zero-order chi connectivity index (χ0) is 19.7. The number of aliphatic imine (C=N–C) groups is 1. The van der Waals surface area contributed by atoms with E-state index in [9.17, 15) is 0 Å². The van der Waals surface area contributed by atoms with Crippen LogP contribution in [0.5, 0.6) is 0 Å². The number of nitrogens with two attached hydrogens (primary N) is 1. The second-order valence-electron chi connectivity index (χ2n) is 8.67. The van der Waals surface area contributed by atoms with E-state index in [1.165, 1.54) is 0 Å². The second kappa shape index (κ2) is 7.24. The number of fused-ring (bicyclic) bond motifs is 1. The van der Waals surface area contributed by atoms with Crippen LogP contribution in [0, 0.1) is 5.41 Å². The molecule has 3 rings (SSSR count). The molecule has 5 heteroatoms. The molecule has 0 unspecified atom stereocenters. The minimum atomic E-state index is 0.0311. The Bertz CT molecular complexity index is 892. The molecule has 1 saturated heterocycles. The maximum atomic E-state index is 8.30. The third-order valence-corrected chi connectivity index (χ3v) is 4.82. The normalized spacial score (nSPS) is 20.2. The molecule has 1 aliphatic rings. The fraction of sp³-hybridized carbons (Fsp3) is 0.409. The van der Waals surface area contributed by atoms with Crippen LogP contribution < -0.4 is 11.1 Å². The molecular formula is C22H29N5. The molecule has 0 amide bonds. The van der Waals surface area contributed by atoms with Crippen LogP contribution in [-0.4, -0.2) is 33.7 Å². The quantitative estimate of drug-likeness (QED) is 0.570. The lowest BCUT2D eigenvalue weighted by Gasteiger charge is -2.45. The van der Waals surface area contributed by atoms with E-state index in [-0.39, 0.29) is 17.1 Å². The van der Waals surface area contributed by atoms with Crippen LogP contribution in [0.1, 0.15) is 46.1 Å². The second-order valence-corrected chi connectivity index (χ2v) is 8.67. The minimum absolute atomic E-state index is 0.0311. The molecule has 0 bridgehead atoms. The first-order valence-corrected chi connectivity index (χ1v) is 9.38. The van der Waals surface area contributed by atoms with E-state index in [0.29, 0.717) is 11.5 Å². The lowest BCUT2D eigenvalue weighted by atomic mass is 9.80. The number of hydrogen-bond donors (Lipinski definition) is 3. The predicted octanol–water partition coefficient (Wildman–Crippen LogP) is 3.83. The molecule has 0 spiro atoms. The topological polar surface area (TPSA) is 87.2 Å². The van der Waals surface area contributed by atoms with Gasteiger partial charge in [-0.3, -0.25) is 9.98 Å². The Hall–Kier alpha value is -2.53. The van der Waals surface area contributed by atoms with Crippen LogP contribution in [0.2, 0.25) is 0 Å². The summed E-state index contributed by atoms with van der Waals surface area (Å²) in [7, 11) is 0. The van der Waals surface area contributed by atoms with Crippen molar-refractivity contribution in [2.45, 2.75) is 57.7 Å². The Morgan fingerprint density at radius 1 is 1.19 bits per heavy atom. The van der Waals surface area contributed by atoms with Gasteiger partial charge in [-0.2, -0.15) is 0 Å². The third kappa shape index (κ3) is 5.01. The Labute approximate surface area is 161 Å². The summed E-state index contributed by atoms with van der Waals surface area (Å²) in [5, 5.41) is 13.0. The zero-order valence-corrected chi connectivity index (χ0v) is 16.6. The molecule has 0 aliphatic carbocycles. The van der Waals surface area contributed by atoms with Crippen molar-refractivity contribution in [3.05, 3.63) is 54.2 Å². The number of para-hydroxylation sites is 1. The SMILES string of the molecule is CC1(C)CC(N=C(N)/C=C\C(=N)c2cnc3ccccc3c2)CC(C)(C)N1. The highest BCUT2D eigenvalue weighted by Gasteiger charge is 2.37. The molecule has 1 aliphatic heterocycles. The number of piperidine rings is 1. The maximum Gasteiger partial charge on any atom is 0.118 e. The largest absolute Gasteiger partial charge is 0.384 e. The average molecular weight is 364 g/mol. The van der Waals surface area contributed by atoms with Crippen LogP contribution in [0.3, 0.4) is 0 Å². The first-order chi connectivity index (χ1) is 12.6. The van der Waals surface area contributed by atoms with E-state index in [0.717, 1.165) is 29.3 Å². The van der Waals surface area contributed by atoms with Crippen molar-refractivity contribution in [2.24, 2.45) is 10.7 Å². The van der Waals surface area contributed by atoms with Gasteiger partial charge in [-0.25, -0.2) is 0 Å². The van der Waals surface area contributed by atoms with Crippen molar-refractivity contribution in [3.63, 3.8) is 0 Å². The maximum absolute atomic E-state index is 8.30. The van der Waals surface area contributed by atoms with Crippen molar-refractivity contribution >= 4 is 22.5 Å². The van der Waals surface area contributed by atoms with E-state index in [1.54, 1.807) is 18.3 Å². The standard InChI is InChI=1S/C22H29N5/c1-21(2)12-17(13-22(3,4)27-21)26-20(24)10-9-18(23)16-11-15-7-5-6-8-19(15)25-14-16/h5-11,14,17,23,27H,12-13H2,1-4H3,(H2,24,26)/b10-9-,23-18?. The van der Waals surface area contributed by atoms with Gasteiger partial charge in [-0.15, -0.1) is 0 Å². The van der Waals surface area contributed by atoms with Crippen molar-refractivity contribution in [2.75, 3.05) is 0 Å². The number of nitrogens with one attached hydrogen (secondary N) is 2. The molecule has 5 nitrogen and oxygen atoms in total. The fourth-order valence-electron chi connectivity index (χ4n) is 4.10. The van der Waals surface area contributed by atoms with Gasteiger partial charge in [0.15, 0.2) is 0 Å². The highest BCUT2D eigenvalue weighted by Crippen LogP contribution is 2.30. The molecule has 142 valence electrons. The summed E-state index contributed by atoms with van der Waals surface area (Å²) in [6, 6.07) is 10.0. The van der Waals surface area contributed by atoms with E-state index in [2.05, 4.69) is 38.0 Å². The summed E-state index contributed by atoms with van der Waals surface area (Å²) in [5.41, 5.74) is 8.26. The van der Waals surface area contributed by atoms with Crippen LogP contribution in [0.25, 0.3) is 10.9 Å². The van der Waals surface area contributed by atoms with Crippen molar-refractivity contribution in [3.8, 4) is 0 Å². The molecule has 2 aromatic rings. The Morgan fingerprint density at radius 3 is 2.56 bits per heavy atom. The van der Waals surface area contributed by atoms with E-state index in [4.69, 9.17) is 16.1 Å². The molecule has 0 saturated carbocycles. The van der Waals surface area contributed by atoms with Gasteiger partial charge in [0.1, 0.15) is 5.84 Å². The predicted molar refractivity (Wildman–Crippen MR) is 114 cm³/mol. The Kier molecular flexibility index (Phi) is 5.16. The Morgan fingerprint density at radius 2 is 1.85 bits per heavy atom. The number of nitrogens with zero attached hydrogens (tertiary/aromatic N) is 2. The van der Waals surface area contributed by atoms with Gasteiger partial charge in [-0.05, 0) is 64.8 Å². The third-order valence-electron chi connectivity index (χ3n) is 4.82. The highest BCUT2D eigenvalue weighted by atomic mass is 15.1. The van der Waals surface area contributed by atoms with Crippen molar-refractivity contribution in [1.82, 2.24) is 10.3 Å². The van der Waals surface area contributed by atoms with E-state index < -0.39 is 0 Å². The summed E-state index contributed by atoms with van der Waals surface area (Å²) in [5.74, 6) is 0.465. The molecule has 0 atom stereocenters. The number of hydrogen-bond acceptors (Lipinski definition) is 4. The Balaban J connectivity index is 1.72.